The van der Waals surface area contributed by atoms with Gasteiger partial charge in [-0.1, -0.05) is 11.6 Å². The average Bonchev–Trinajstić information content (AvgIpc) is 2.15. The van der Waals surface area contributed by atoms with Crippen molar-refractivity contribution in [3.05, 3.63) is 32.8 Å². The first-order valence-corrected chi connectivity index (χ1v) is 6.49. The van der Waals surface area contributed by atoms with E-state index in [9.17, 15) is 23.3 Å². The van der Waals surface area contributed by atoms with Gasteiger partial charge in [0, 0.05) is 22.8 Å². The SMILES string of the molecule is O=C(O)c1cc([N+](=O)[O-])cc(S(=O)(=O)Cl)c1Cl. The number of nitro benzene ring substituents is 1. The van der Waals surface area contributed by atoms with E-state index in [1.54, 1.807) is 0 Å². The van der Waals surface area contributed by atoms with E-state index in [1.807, 2.05) is 0 Å². The number of hydrogen-bond donors (Lipinski definition) is 1. The fourth-order valence-corrected chi connectivity index (χ4v) is 2.59. The number of hydrogen-bond acceptors (Lipinski definition) is 5. The summed E-state index contributed by atoms with van der Waals surface area (Å²) >= 11 is 5.50. The molecule has 92 valence electrons. The Morgan fingerprint density at radius 3 is 2.29 bits per heavy atom. The van der Waals surface area contributed by atoms with Crippen molar-refractivity contribution < 1.29 is 23.2 Å². The van der Waals surface area contributed by atoms with E-state index in [4.69, 9.17) is 27.4 Å². The zero-order chi connectivity index (χ0) is 13.4. The molecule has 0 saturated carbocycles. The largest absolute Gasteiger partial charge is 0.478 e. The minimum Gasteiger partial charge on any atom is -0.478 e. The molecule has 0 aliphatic rings. The van der Waals surface area contributed by atoms with Gasteiger partial charge in [0.2, 0.25) is 0 Å². The second-order valence-corrected chi connectivity index (χ2v) is 5.72. The number of carbonyl (C=O) groups is 1. The maximum absolute atomic E-state index is 11.1. The number of carboxylic acid groups (broad SMARTS) is 1. The summed E-state index contributed by atoms with van der Waals surface area (Å²) in [6.45, 7) is 0. The molecule has 0 aliphatic heterocycles. The summed E-state index contributed by atoms with van der Waals surface area (Å²) in [7, 11) is 0.616. The Kier molecular flexibility index (Phi) is 3.60. The quantitative estimate of drug-likeness (QED) is 0.517. The van der Waals surface area contributed by atoms with E-state index >= 15 is 0 Å². The van der Waals surface area contributed by atoms with Gasteiger partial charge in [-0.15, -0.1) is 0 Å². The van der Waals surface area contributed by atoms with Gasteiger partial charge in [-0.3, -0.25) is 10.1 Å². The van der Waals surface area contributed by atoms with E-state index < -0.39 is 41.1 Å². The number of nitro groups is 1. The van der Waals surface area contributed by atoms with Crippen LogP contribution in [-0.4, -0.2) is 24.4 Å². The fraction of sp³-hybridized carbons (Fsp3) is 0. The molecule has 10 heteroatoms. The molecule has 0 aliphatic carbocycles. The van der Waals surface area contributed by atoms with E-state index in [2.05, 4.69) is 0 Å². The molecule has 1 aromatic carbocycles. The molecule has 0 radical (unpaired) electrons. The van der Waals surface area contributed by atoms with Crippen LogP contribution < -0.4 is 0 Å². The Morgan fingerprint density at radius 2 is 1.94 bits per heavy atom. The summed E-state index contributed by atoms with van der Waals surface area (Å²) in [6, 6.07) is 1.24. The highest BCUT2D eigenvalue weighted by atomic mass is 35.7. The van der Waals surface area contributed by atoms with Crippen LogP contribution in [-0.2, 0) is 9.05 Å². The molecule has 1 aromatic rings. The van der Waals surface area contributed by atoms with Crippen molar-refractivity contribution in [2.75, 3.05) is 0 Å². The first-order chi connectivity index (χ1) is 7.64. The lowest BCUT2D eigenvalue weighted by Gasteiger charge is -2.03. The predicted molar refractivity (Wildman–Crippen MR) is 58.1 cm³/mol. The van der Waals surface area contributed by atoms with Crippen LogP contribution in [0.5, 0.6) is 0 Å². The number of halogens is 2. The van der Waals surface area contributed by atoms with Gasteiger partial charge < -0.3 is 5.11 Å². The van der Waals surface area contributed by atoms with Crippen molar-refractivity contribution in [3.63, 3.8) is 0 Å². The van der Waals surface area contributed by atoms with Crippen molar-refractivity contribution in [1.82, 2.24) is 0 Å². The highest BCUT2D eigenvalue weighted by Gasteiger charge is 2.25. The molecule has 0 amide bonds. The summed E-state index contributed by atoms with van der Waals surface area (Å²) in [5.41, 5.74) is -1.44. The zero-order valence-electron chi connectivity index (χ0n) is 7.75. The molecule has 0 fully saturated rings. The maximum Gasteiger partial charge on any atom is 0.337 e. The van der Waals surface area contributed by atoms with Crippen LogP contribution in [0.15, 0.2) is 17.0 Å². The highest BCUT2D eigenvalue weighted by Crippen LogP contribution is 2.32. The second-order valence-electron chi connectivity index (χ2n) is 2.81. The number of non-ortho nitro benzene ring substituents is 1. The van der Waals surface area contributed by atoms with Gasteiger partial charge in [-0.2, -0.15) is 0 Å². The summed E-state index contributed by atoms with van der Waals surface area (Å²) < 4.78 is 22.1. The predicted octanol–water partition coefficient (Wildman–Crippen LogP) is 1.87. The van der Waals surface area contributed by atoms with Crippen LogP contribution >= 0.6 is 22.3 Å². The molecule has 0 atom stereocenters. The van der Waals surface area contributed by atoms with Crippen molar-refractivity contribution in [3.8, 4) is 0 Å². The van der Waals surface area contributed by atoms with Gasteiger partial charge in [-0.05, 0) is 0 Å². The smallest absolute Gasteiger partial charge is 0.337 e. The first-order valence-electron chi connectivity index (χ1n) is 3.80. The van der Waals surface area contributed by atoms with Crippen molar-refractivity contribution in [2.24, 2.45) is 0 Å². The lowest BCUT2D eigenvalue weighted by molar-refractivity contribution is -0.385. The van der Waals surface area contributed by atoms with Gasteiger partial charge in [0.15, 0.2) is 0 Å². The molecule has 0 saturated heterocycles. The van der Waals surface area contributed by atoms with Crippen LogP contribution in [0, 0.1) is 10.1 Å². The number of rotatable bonds is 3. The number of nitrogens with zero attached hydrogens (tertiary/aromatic N) is 1. The number of aromatic carboxylic acids is 1. The average molecular weight is 300 g/mol. The molecule has 0 spiro atoms. The lowest BCUT2D eigenvalue weighted by Crippen LogP contribution is -2.04. The van der Waals surface area contributed by atoms with E-state index in [0.717, 1.165) is 0 Å². The molecular formula is C7H3Cl2NO6S. The van der Waals surface area contributed by atoms with Gasteiger partial charge in [-0.25, -0.2) is 13.2 Å². The minimum atomic E-state index is -4.37. The maximum atomic E-state index is 11.1. The lowest BCUT2D eigenvalue weighted by atomic mass is 10.2. The van der Waals surface area contributed by atoms with Crippen molar-refractivity contribution in [1.29, 1.82) is 0 Å². The van der Waals surface area contributed by atoms with Gasteiger partial charge in [0.05, 0.1) is 15.5 Å². The van der Waals surface area contributed by atoms with Gasteiger partial charge >= 0.3 is 5.97 Å². The van der Waals surface area contributed by atoms with E-state index in [1.165, 1.54) is 0 Å². The molecule has 1 N–H and O–H groups in total. The van der Waals surface area contributed by atoms with Gasteiger partial charge in [0.1, 0.15) is 4.90 Å². The first kappa shape index (κ1) is 13.7. The van der Waals surface area contributed by atoms with Crippen molar-refractivity contribution >= 4 is 43.0 Å². The summed E-state index contributed by atoms with van der Waals surface area (Å²) in [6.07, 6.45) is 0. The molecule has 17 heavy (non-hydrogen) atoms. The Bertz CT molecular complexity index is 611. The summed E-state index contributed by atoms with van der Waals surface area (Å²) in [5.74, 6) is -1.60. The Morgan fingerprint density at radius 1 is 1.41 bits per heavy atom. The third-order valence-electron chi connectivity index (χ3n) is 1.73. The van der Waals surface area contributed by atoms with Crippen LogP contribution in [0.3, 0.4) is 0 Å². The van der Waals surface area contributed by atoms with E-state index in [-0.39, 0.29) is 0 Å². The molecule has 1 rings (SSSR count). The third kappa shape index (κ3) is 2.84. The Balaban J connectivity index is 3.73. The normalized spacial score (nSPS) is 11.2. The number of carboxylic acids is 1. The highest BCUT2D eigenvalue weighted by molar-refractivity contribution is 8.13. The van der Waals surface area contributed by atoms with Gasteiger partial charge in [0.25, 0.3) is 14.7 Å². The third-order valence-corrected chi connectivity index (χ3v) is 3.59. The Hall–Kier alpha value is -1.38. The summed E-state index contributed by atoms with van der Waals surface area (Å²) in [4.78, 5) is 19.5. The second kappa shape index (κ2) is 4.47. The molecule has 0 aromatic heterocycles. The topological polar surface area (TPSA) is 115 Å². The van der Waals surface area contributed by atoms with Crippen LogP contribution in [0.25, 0.3) is 0 Å². The van der Waals surface area contributed by atoms with Crippen LogP contribution in [0.1, 0.15) is 10.4 Å². The van der Waals surface area contributed by atoms with Crippen LogP contribution in [0.4, 0.5) is 5.69 Å². The standard InChI is InChI=1S/C7H3Cl2NO6S/c8-6-4(7(11)12)1-3(10(13)14)2-5(6)17(9,15)16/h1-2H,(H,11,12). The summed E-state index contributed by atoms with van der Waals surface area (Å²) in [5, 5.41) is 18.5. The number of benzene rings is 1. The zero-order valence-corrected chi connectivity index (χ0v) is 10.1. The monoisotopic (exact) mass is 299 g/mol. The van der Waals surface area contributed by atoms with Crippen molar-refractivity contribution in [2.45, 2.75) is 4.90 Å². The fourth-order valence-electron chi connectivity index (χ4n) is 1.02. The minimum absolute atomic E-state index is 0.594. The molecule has 7 nitrogen and oxygen atoms in total. The molecular weight excluding hydrogens is 297 g/mol. The molecule has 0 unspecified atom stereocenters. The molecule has 0 bridgehead atoms. The molecule has 0 heterocycles. The Labute approximate surface area is 104 Å². The van der Waals surface area contributed by atoms with Crippen LogP contribution in [0.2, 0.25) is 5.02 Å². The van der Waals surface area contributed by atoms with E-state index in [0.29, 0.717) is 12.1 Å².